The Hall–Kier alpha value is -0.500. The van der Waals surface area contributed by atoms with Crippen molar-refractivity contribution < 1.29 is 13.2 Å². The van der Waals surface area contributed by atoms with E-state index in [1.807, 2.05) is 22.6 Å². The first-order chi connectivity index (χ1) is 6.89. The zero-order valence-electron chi connectivity index (χ0n) is 7.02. The average Bonchev–Trinajstić information content (AvgIpc) is 2.55. The van der Waals surface area contributed by atoms with Crippen LogP contribution in [-0.2, 0) is 6.18 Å². The van der Waals surface area contributed by atoms with Crippen molar-refractivity contribution in [3.05, 3.63) is 32.7 Å². The molecule has 0 aliphatic carbocycles. The summed E-state index contributed by atoms with van der Waals surface area (Å²) < 4.78 is 38.9. The van der Waals surface area contributed by atoms with Gasteiger partial charge in [0.25, 0.3) is 0 Å². The Kier molecular flexibility index (Phi) is 2.58. The first-order valence-corrected chi connectivity index (χ1v) is 5.25. The number of nitrogens with zero attached hydrogens (tertiary/aromatic N) is 2. The van der Waals surface area contributed by atoms with E-state index in [0.29, 0.717) is 3.57 Å². The molecule has 0 aliphatic heterocycles. The standard InChI is InChI=1S/C8H3ClF3IN2/c9-6-4(13)1-2-15-3-5(8(10,11)12)14-7(6)15/h1-3H. The first-order valence-electron chi connectivity index (χ1n) is 3.79. The largest absolute Gasteiger partial charge is 0.434 e. The van der Waals surface area contributed by atoms with Crippen molar-refractivity contribution in [1.29, 1.82) is 0 Å². The third-order valence-corrected chi connectivity index (χ3v) is 3.40. The van der Waals surface area contributed by atoms with Gasteiger partial charge in [-0.05, 0) is 28.7 Å². The predicted molar refractivity (Wildman–Crippen MR) is 57.9 cm³/mol. The van der Waals surface area contributed by atoms with Crippen LogP contribution in [0, 0.1) is 3.57 Å². The smallest absolute Gasteiger partial charge is 0.305 e. The molecule has 0 saturated heterocycles. The molecule has 80 valence electrons. The number of alkyl halides is 3. The Morgan fingerprint density at radius 3 is 2.67 bits per heavy atom. The zero-order chi connectivity index (χ0) is 11.2. The van der Waals surface area contributed by atoms with Gasteiger partial charge in [-0.1, -0.05) is 11.6 Å². The molecule has 0 radical (unpaired) electrons. The molecule has 2 rings (SSSR count). The summed E-state index contributed by atoms with van der Waals surface area (Å²) in [6, 6.07) is 1.62. The van der Waals surface area contributed by atoms with E-state index in [1.165, 1.54) is 10.6 Å². The molecule has 0 N–H and O–H groups in total. The predicted octanol–water partition coefficient (Wildman–Crippen LogP) is 3.61. The first kappa shape index (κ1) is 11.0. The maximum Gasteiger partial charge on any atom is 0.434 e. The van der Waals surface area contributed by atoms with Crippen LogP contribution in [0.25, 0.3) is 5.65 Å². The van der Waals surface area contributed by atoms with Gasteiger partial charge in [0.15, 0.2) is 11.3 Å². The van der Waals surface area contributed by atoms with Gasteiger partial charge < -0.3 is 4.40 Å². The summed E-state index contributed by atoms with van der Waals surface area (Å²) in [5.41, 5.74) is -0.817. The van der Waals surface area contributed by atoms with E-state index in [0.717, 1.165) is 6.20 Å². The topological polar surface area (TPSA) is 17.3 Å². The van der Waals surface area contributed by atoms with E-state index < -0.39 is 11.9 Å². The van der Waals surface area contributed by atoms with Gasteiger partial charge in [0.05, 0.1) is 5.02 Å². The van der Waals surface area contributed by atoms with Crippen molar-refractivity contribution in [1.82, 2.24) is 9.38 Å². The molecule has 7 heteroatoms. The van der Waals surface area contributed by atoms with Crippen molar-refractivity contribution in [2.45, 2.75) is 6.18 Å². The Labute approximate surface area is 101 Å². The van der Waals surface area contributed by atoms with E-state index in [-0.39, 0.29) is 10.7 Å². The lowest BCUT2D eigenvalue weighted by Crippen LogP contribution is -2.04. The molecule has 2 aromatic heterocycles. The van der Waals surface area contributed by atoms with Gasteiger partial charge in [0.2, 0.25) is 0 Å². The number of aromatic nitrogens is 2. The van der Waals surface area contributed by atoms with E-state index in [9.17, 15) is 13.2 Å². The second kappa shape index (κ2) is 3.51. The molecule has 0 saturated carbocycles. The normalized spacial score (nSPS) is 12.3. The minimum absolute atomic E-state index is 0.121. The summed E-state index contributed by atoms with van der Waals surface area (Å²) in [7, 11) is 0. The molecule has 0 aliphatic rings. The van der Waals surface area contributed by atoms with E-state index in [1.54, 1.807) is 6.07 Å². The monoisotopic (exact) mass is 346 g/mol. The average molecular weight is 346 g/mol. The maximum absolute atomic E-state index is 12.3. The van der Waals surface area contributed by atoms with Crippen molar-refractivity contribution in [3.8, 4) is 0 Å². The summed E-state index contributed by atoms with van der Waals surface area (Å²) in [6.45, 7) is 0. The van der Waals surface area contributed by atoms with Gasteiger partial charge in [-0.2, -0.15) is 13.2 Å². The fourth-order valence-corrected chi connectivity index (χ4v) is 1.74. The number of pyridine rings is 1. The minimum Gasteiger partial charge on any atom is -0.305 e. The van der Waals surface area contributed by atoms with E-state index >= 15 is 0 Å². The van der Waals surface area contributed by atoms with Gasteiger partial charge in [-0.3, -0.25) is 0 Å². The van der Waals surface area contributed by atoms with Crippen LogP contribution in [0.5, 0.6) is 0 Å². The molecule has 0 spiro atoms. The molecular formula is C8H3ClF3IN2. The van der Waals surface area contributed by atoms with E-state index in [2.05, 4.69) is 4.98 Å². The molecule has 2 aromatic rings. The van der Waals surface area contributed by atoms with Crippen LogP contribution >= 0.6 is 34.2 Å². The molecule has 0 atom stereocenters. The van der Waals surface area contributed by atoms with Gasteiger partial charge in [0.1, 0.15) is 0 Å². The highest BCUT2D eigenvalue weighted by atomic mass is 127. The SMILES string of the molecule is FC(F)(F)c1cn2ccc(I)c(Cl)c2n1. The second-order valence-corrected chi connectivity index (χ2v) is 4.37. The highest BCUT2D eigenvalue weighted by Crippen LogP contribution is 2.31. The Balaban J connectivity index is 2.72. The molecule has 15 heavy (non-hydrogen) atoms. The fourth-order valence-electron chi connectivity index (χ4n) is 1.13. The van der Waals surface area contributed by atoms with Crippen LogP contribution in [0.4, 0.5) is 13.2 Å². The lowest BCUT2D eigenvalue weighted by atomic mass is 10.5. The van der Waals surface area contributed by atoms with Crippen LogP contribution in [0.2, 0.25) is 5.02 Å². The van der Waals surface area contributed by atoms with Crippen molar-refractivity contribution in [3.63, 3.8) is 0 Å². The second-order valence-electron chi connectivity index (χ2n) is 2.83. The number of halogens is 5. The van der Waals surface area contributed by atoms with Crippen molar-refractivity contribution in [2.24, 2.45) is 0 Å². The lowest BCUT2D eigenvalue weighted by molar-refractivity contribution is -0.140. The number of hydrogen-bond donors (Lipinski definition) is 0. The summed E-state index contributed by atoms with van der Waals surface area (Å²) in [6.07, 6.45) is -2.04. The van der Waals surface area contributed by atoms with E-state index in [4.69, 9.17) is 11.6 Å². The fraction of sp³-hybridized carbons (Fsp3) is 0.125. The molecule has 0 fully saturated rings. The number of fused-ring (bicyclic) bond motifs is 1. The molecule has 2 nitrogen and oxygen atoms in total. The van der Waals surface area contributed by atoms with Crippen LogP contribution < -0.4 is 0 Å². The number of rotatable bonds is 0. The molecular weight excluding hydrogens is 343 g/mol. The Morgan fingerprint density at radius 1 is 1.40 bits per heavy atom. The Bertz CT molecular complexity index is 520. The molecule has 2 heterocycles. The highest BCUT2D eigenvalue weighted by molar-refractivity contribution is 14.1. The molecule has 0 amide bonds. The number of hydrogen-bond acceptors (Lipinski definition) is 1. The highest BCUT2D eigenvalue weighted by Gasteiger charge is 2.34. The third kappa shape index (κ3) is 1.92. The maximum atomic E-state index is 12.3. The minimum atomic E-state index is -4.44. The van der Waals surface area contributed by atoms with Crippen LogP contribution in [-0.4, -0.2) is 9.38 Å². The van der Waals surface area contributed by atoms with Gasteiger partial charge >= 0.3 is 6.18 Å². The molecule has 0 bridgehead atoms. The van der Waals surface area contributed by atoms with Crippen molar-refractivity contribution in [2.75, 3.05) is 0 Å². The molecule has 0 aromatic carbocycles. The number of imidazole rings is 1. The lowest BCUT2D eigenvalue weighted by Gasteiger charge is -1.98. The molecule has 0 unspecified atom stereocenters. The van der Waals surface area contributed by atoms with Crippen LogP contribution in [0.15, 0.2) is 18.5 Å². The van der Waals surface area contributed by atoms with Crippen LogP contribution in [0.1, 0.15) is 5.69 Å². The van der Waals surface area contributed by atoms with Crippen molar-refractivity contribution >= 4 is 39.8 Å². The third-order valence-electron chi connectivity index (χ3n) is 1.81. The van der Waals surface area contributed by atoms with Crippen LogP contribution in [0.3, 0.4) is 0 Å². The zero-order valence-corrected chi connectivity index (χ0v) is 9.93. The summed E-state index contributed by atoms with van der Waals surface area (Å²) in [5.74, 6) is 0. The summed E-state index contributed by atoms with van der Waals surface area (Å²) in [5, 5.41) is 0.230. The quantitative estimate of drug-likeness (QED) is 0.666. The summed E-state index contributed by atoms with van der Waals surface area (Å²) >= 11 is 7.77. The van der Waals surface area contributed by atoms with Gasteiger partial charge in [-0.25, -0.2) is 4.98 Å². The summed E-state index contributed by atoms with van der Waals surface area (Å²) in [4.78, 5) is 3.45. The Morgan fingerprint density at radius 2 is 2.07 bits per heavy atom. The van der Waals surface area contributed by atoms with Gasteiger partial charge in [0, 0.05) is 16.0 Å². The van der Waals surface area contributed by atoms with Gasteiger partial charge in [-0.15, -0.1) is 0 Å².